The van der Waals surface area contributed by atoms with Gasteiger partial charge in [-0.1, -0.05) is 103 Å². The van der Waals surface area contributed by atoms with E-state index in [0.29, 0.717) is 18.6 Å². The molecule has 0 N–H and O–H groups in total. The minimum atomic E-state index is -3.34. The molecule has 0 bridgehead atoms. The minimum Gasteiger partial charge on any atom is -0.300 e. The molecular weight excluding hydrogens is 485 g/mol. The molecule has 0 amide bonds. The zero-order valence-electron chi connectivity index (χ0n) is 21.7. The fourth-order valence-electron chi connectivity index (χ4n) is 7.98. The van der Waals surface area contributed by atoms with Gasteiger partial charge >= 0.3 is 0 Å². The Hall–Kier alpha value is -3.26. The van der Waals surface area contributed by atoms with Crippen LogP contribution in [0.2, 0.25) is 0 Å². The Kier molecular flexibility index (Phi) is 5.58. The van der Waals surface area contributed by atoms with Crippen molar-refractivity contribution in [1.82, 2.24) is 4.67 Å². The van der Waals surface area contributed by atoms with Crippen molar-refractivity contribution in [3.05, 3.63) is 120 Å². The van der Waals surface area contributed by atoms with Crippen LogP contribution in [0.15, 0.2) is 103 Å². The lowest BCUT2D eigenvalue weighted by Gasteiger charge is -2.49. The van der Waals surface area contributed by atoms with E-state index in [9.17, 15) is 4.79 Å². The molecule has 1 saturated heterocycles. The number of benzene rings is 4. The van der Waals surface area contributed by atoms with E-state index < -0.39 is 12.4 Å². The largest absolute Gasteiger partial charge is 0.300 e. The van der Waals surface area contributed by atoms with Gasteiger partial charge in [-0.2, -0.15) is 0 Å². The summed E-state index contributed by atoms with van der Waals surface area (Å²) in [4.78, 5) is 13.1. The van der Waals surface area contributed by atoms with Crippen molar-refractivity contribution in [3.63, 3.8) is 0 Å². The molecule has 3 nitrogen and oxygen atoms in total. The normalized spacial score (nSPS) is 30.8. The maximum Gasteiger partial charge on any atom is 0.190 e. The monoisotopic (exact) mass is 517 g/mol. The van der Waals surface area contributed by atoms with Crippen LogP contribution in [0.3, 0.4) is 0 Å². The highest BCUT2D eigenvalue weighted by Gasteiger charge is 2.70. The predicted molar refractivity (Wildman–Crippen MR) is 156 cm³/mol. The molecule has 0 radical (unpaired) electrons. The van der Waals surface area contributed by atoms with Crippen molar-refractivity contribution < 1.29 is 9.36 Å². The zero-order valence-corrected chi connectivity index (χ0v) is 22.6. The molecule has 4 aromatic carbocycles. The van der Waals surface area contributed by atoms with E-state index in [-0.39, 0.29) is 17.9 Å². The smallest absolute Gasteiger partial charge is 0.190 e. The Bertz CT molecular complexity index is 1620. The van der Waals surface area contributed by atoms with E-state index in [1.807, 2.05) is 18.2 Å². The number of hydrogen-bond acceptors (Lipinski definition) is 2. The van der Waals surface area contributed by atoms with Gasteiger partial charge in [0.05, 0.1) is 5.16 Å². The Morgan fingerprint density at radius 1 is 0.868 bits per heavy atom. The van der Waals surface area contributed by atoms with E-state index in [4.69, 9.17) is 0 Å². The molecule has 4 aromatic rings. The first kappa shape index (κ1) is 23.8. The number of carbonyl (C=O) groups excluding carboxylic acids is 1. The summed E-state index contributed by atoms with van der Waals surface area (Å²) in [5.74, 6) is 0.281. The van der Waals surface area contributed by atoms with Gasteiger partial charge in [-0.25, -0.2) is 4.67 Å². The summed E-state index contributed by atoms with van der Waals surface area (Å²) in [6.07, 6.45) is 7.44. The van der Waals surface area contributed by atoms with Crippen LogP contribution in [-0.2, 0) is 14.5 Å². The van der Waals surface area contributed by atoms with Crippen LogP contribution in [0.5, 0.6) is 0 Å². The van der Waals surface area contributed by atoms with Crippen molar-refractivity contribution >= 4 is 35.2 Å². The number of fused-ring (bicyclic) bond motifs is 4. The SMILES string of the molecule is CN1[C@@H](c2ccccc2)[C@H]2C=Cc3ccccc3[C@@]2([C@H]2CCCC(=O)C2)[P@]1(=O)c1cccc2ccccc12. The number of hydrogen-bond donors (Lipinski definition) is 0. The second-order valence-electron chi connectivity index (χ2n) is 11.1. The summed E-state index contributed by atoms with van der Waals surface area (Å²) in [6.45, 7) is 0. The van der Waals surface area contributed by atoms with E-state index in [0.717, 1.165) is 40.0 Å². The molecule has 190 valence electrons. The Labute approximate surface area is 224 Å². The minimum absolute atomic E-state index is 0.000754. The molecule has 5 atom stereocenters. The Morgan fingerprint density at radius 3 is 2.45 bits per heavy atom. The third-order valence-corrected chi connectivity index (χ3v) is 13.5. The van der Waals surface area contributed by atoms with E-state index >= 15 is 4.57 Å². The van der Waals surface area contributed by atoms with Gasteiger partial charge in [-0.15, -0.1) is 0 Å². The molecule has 3 aliphatic rings. The van der Waals surface area contributed by atoms with E-state index in [1.54, 1.807) is 0 Å². The second kappa shape index (κ2) is 8.90. The number of nitrogens with zero attached hydrogens (tertiary/aromatic N) is 1. The van der Waals surface area contributed by atoms with Crippen LogP contribution >= 0.6 is 7.29 Å². The lowest BCUT2D eigenvalue weighted by Crippen LogP contribution is -2.45. The maximum absolute atomic E-state index is 16.6. The number of Topliss-reactive ketones (excluding diaryl/α,β-unsaturated/α-hetero) is 1. The van der Waals surface area contributed by atoms with Crippen molar-refractivity contribution in [3.8, 4) is 0 Å². The standard InChI is InChI=1S/C34H32NO2P/c1-35-33(26-13-3-2-4-14-26)31-22-21-25-12-6-8-19-30(25)34(31,27-16-10-17-28(36)23-27)38(35,37)32-20-9-15-24-11-5-7-18-29(24)32/h2-9,11-15,18-22,27,31,33H,10,16-17,23H2,1H3/t27-,31+,33-,34+,38+/m0/s1. The highest BCUT2D eigenvalue weighted by molar-refractivity contribution is 7.71. The van der Waals surface area contributed by atoms with Crippen LogP contribution in [-0.4, -0.2) is 17.5 Å². The van der Waals surface area contributed by atoms with Crippen LogP contribution < -0.4 is 5.30 Å². The molecule has 1 heterocycles. The first-order valence-corrected chi connectivity index (χ1v) is 15.4. The fraction of sp³-hybridized carbons (Fsp3) is 0.265. The van der Waals surface area contributed by atoms with Crippen molar-refractivity contribution in [2.75, 3.05) is 7.05 Å². The first-order valence-electron chi connectivity index (χ1n) is 13.7. The van der Waals surface area contributed by atoms with Gasteiger partial charge in [0, 0.05) is 30.1 Å². The number of carbonyl (C=O) groups is 1. The molecule has 7 rings (SSSR count). The quantitative estimate of drug-likeness (QED) is 0.261. The maximum atomic E-state index is 16.6. The molecule has 1 aliphatic heterocycles. The van der Waals surface area contributed by atoms with Crippen LogP contribution in [0, 0.1) is 11.8 Å². The van der Waals surface area contributed by atoms with Crippen molar-refractivity contribution in [1.29, 1.82) is 0 Å². The summed E-state index contributed by atoms with van der Waals surface area (Å²) < 4.78 is 18.8. The van der Waals surface area contributed by atoms with Crippen molar-refractivity contribution in [2.45, 2.75) is 36.9 Å². The van der Waals surface area contributed by atoms with Gasteiger partial charge in [-0.05, 0) is 59.3 Å². The summed E-state index contributed by atoms with van der Waals surface area (Å²) in [5, 5.41) is 2.37. The predicted octanol–water partition coefficient (Wildman–Crippen LogP) is 7.73. The molecule has 0 unspecified atom stereocenters. The van der Waals surface area contributed by atoms with E-state index in [2.05, 4.69) is 103 Å². The zero-order chi connectivity index (χ0) is 25.9. The van der Waals surface area contributed by atoms with Crippen LogP contribution in [0.1, 0.15) is 48.4 Å². The lowest BCUT2D eigenvalue weighted by atomic mass is 9.64. The second-order valence-corrected chi connectivity index (χ2v) is 14.1. The Balaban J connectivity index is 1.62. The van der Waals surface area contributed by atoms with Gasteiger partial charge in [0.2, 0.25) is 0 Å². The number of rotatable bonds is 3. The molecule has 38 heavy (non-hydrogen) atoms. The Morgan fingerprint density at radius 2 is 1.61 bits per heavy atom. The highest BCUT2D eigenvalue weighted by Crippen LogP contribution is 2.81. The molecule has 0 spiro atoms. The summed E-state index contributed by atoms with van der Waals surface area (Å²) in [6, 6.07) is 33.6. The summed E-state index contributed by atoms with van der Waals surface area (Å²) in [7, 11) is -1.27. The highest BCUT2D eigenvalue weighted by atomic mass is 31.2. The van der Waals surface area contributed by atoms with Crippen molar-refractivity contribution in [2.24, 2.45) is 11.8 Å². The van der Waals surface area contributed by atoms with Crippen LogP contribution in [0.25, 0.3) is 16.8 Å². The molecular formula is C34H32NO2P. The molecule has 1 saturated carbocycles. The van der Waals surface area contributed by atoms with E-state index in [1.165, 1.54) is 5.56 Å². The first-order chi connectivity index (χ1) is 18.6. The molecule has 2 aliphatic carbocycles. The molecule has 4 heteroatoms. The van der Waals surface area contributed by atoms with Gasteiger partial charge in [-0.3, -0.25) is 4.79 Å². The van der Waals surface area contributed by atoms with Crippen LogP contribution in [0.4, 0.5) is 0 Å². The van der Waals surface area contributed by atoms with Gasteiger partial charge in [0.1, 0.15) is 5.78 Å². The number of ketones is 1. The fourth-order valence-corrected chi connectivity index (χ4v) is 12.6. The topological polar surface area (TPSA) is 37.4 Å². The van der Waals surface area contributed by atoms with Gasteiger partial charge in [0.25, 0.3) is 0 Å². The van der Waals surface area contributed by atoms with Gasteiger partial charge < -0.3 is 4.57 Å². The third kappa shape index (κ3) is 3.12. The average Bonchev–Trinajstić information content (AvgIpc) is 3.18. The molecule has 2 fully saturated rings. The molecule has 0 aromatic heterocycles. The summed E-state index contributed by atoms with van der Waals surface area (Å²) >= 11 is 0. The average molecular weight is 518 g/mol. The lowest BCUT2D eigenvalue weighted by molar-refractivity contribution is -0.122. The summed E-state index contributed by atoms with van der Waals surface area (Å²) in [5.41, 5.74) is 3.45. The van der Waals surface area contributed by atoms with Gasteiger partial charge in [0.15, 0.2) is 7.29 Å². The third-order valence-electron chi connectivity index (χ3n) is 9.41.